The molecule has 0 bridgehead atoms. The number of hydrogen-bond donors (Lipinski definition) is 1. The van der Waals surface area contributed by atoms with Crippen LogP contribution in [0.15, 0.2) is 59.1 Å². The van der Waals surface area contributed by atoms with Gasteiger partial charge in [0.2, 0.25) is 5.82 Å². The first-order valence-corrected chi connectivity index (χ1v) is 9.42. The molecule has 1 aromatic heterocycles. The quantitative estimate of drug-likeness (QED) is 0.709. The number of hydrogen-bond acceptors (Lipinski definition) is 5. The maximum Gasteiger partial charge on any atom is 0.317 e. The van der Waals surface area contributed by atoms with Gasteiger partial charge in [-0.25, -0.2) is 4.79 Å². The number of carbonyl (C=O) groups excluding carboxylic acids is 1. The van der Waals surface area contributed by atoms with E-state index in [9.17, 15) is 4.79 Å². The van der Waals surface area contributed by atoms with Crippen LogP contribution in [0, 0.1) is 0 Å². The number of carbonyl (C=O) groups is 1. The predicted octanol–water partition coefficient (Wildman–Crippen LogP) is 3.59. The molecular weight excluding hydrogens is 356 g/mol. The summed E-state index contributed by atoms with van der Waals surface area (Å²) in [4.78, 5) is 18.0. The molecule has 1 saturated heterocycles. The second-order valence-corrected chi connectivity index (χ2v) is 6.69. The van der Waals surface area contributed by atoms with Crippen LogP contribution in [0.1, 0.15) is 13.3 Å². The van der Waals surface area contributed by atoms with Crippen LogP contribution in [-0.2, 0) is 0 Å². The molecule has 144 valence electrons. The van der Waals surface area contributed by atoms with Gasteiger partial charge in [0, 0.05) is 17.7 Å². The fraction of sp³-hybridized carbons (Fsp3) is 0.286. The number of aromatic nitrogens is 2. The minimum absolute atomic E-state index is 0.0197. The Labute approximate surface area is 163 Å². The molecule has 0 atom stereocenters. The van der Waals surface area contributed by atoms with Crippen molar-refractivity contribution < 1.29 is 14.1 Å². The Kier molecular flexibility index (Phi) is 5.23. The largest absolute Gasteiger partial charge is 0.487 e. The lowest BCUT2D eigenvalue weighted by atomic mass is 10.1. The third kappa shape index (κ3) is 3.98. The predicted molar refractivity (Wildman–Crippen MR) is 105 cm³/mol. The van der Waals surface area contributed by atoms with Gasteiger partial charge in [0.15, 0.2) is 0 Å². The van der Waals surface area contributed by atoms with Crippen LogP contribution in [0.4, 0.5) is 4.79 Å². The molecule has 4 rings (SSSR count). The van der Waals surface area contributed by atoms with E-state index in [1.807, 2.05) is 61.5 Å². The molecule has 28 heavy (non-hydrogen) atoms. The van der Waals surface area contributed by atoms with Crippen LogP contribution in [0.5, 0.6) is 5.75 Å². The first-order valence-electron chi connectivity index (χ1n) is 9.42. The van der Waals surface area contributed by atoms with E-state index in [4.69, 9.17) is 9.26 Å². The van der Waals surface area contributed by atoms with Gasteiger partial charge < -0.3 is 19.5 Å². The molecule has 0 saturated carbocycles. The van der Waals surface area contributed by atoms with Crippen molar-refractivity contribution in [2.45, 2.75) is 19.4 Å². The van der Waals surface area contributed by atoms with Gasteiger partial charge in [-0.3, -0.25) is 0 Å². The average Bonchev–Trinajstić information content (AvgIpc) is 3.20. The van der Waals surface area contributed by atoms with Crippen LogP contribution >= 0.6 is 0 Å². The normalized spacial score (nSPS) is 13.8. The van der Waals surface area contributed by atoms with Gasteiger partial charge >= 0.3 is 6.03 Å². The monoisotopic (exact) mass is 378 g/mol. The molecule has 1 aliphatic heterocycles. The first kappa shape index (κ1) is 18.0. The Morgan fingerprint density at radius 3 is 2.61 bits per heavy atom. The SMILES string of the molecule is CCCNC(=O)N1CC(Oc2ccc(-c3nc(-c4ccccc4)no3)cc2)C1. The molecule has 1 aliphatic rings. The number of nitrogens with zero attached hydrogens (tertiary/aromatic N) is 3. The molecule has 0 spiro atoms. The molecule has 7 heteroatoms. The summed E-state index contributed by atoms with van der Waals surface area (Å²) in [6.07, 6.45) is 0.949. The summed E-state index contributed by atoms with van der Waals surface area (Å²) in [6, 6.07) is 17.2. The summed E-state index contributed by atoms with van der Waals surface area (Å²) in [7, 11) is 0. The topological polar surface area (TPSA) is 80.5 Å². The summed E-state index contributed by atoms with van der Waals surface area (Å²) in [5.74, 6) is 1.78. The van der Waals surface area contributed by atoms with Crippen LogP contribution in [0.3, 0.4) is 0 Å². The highest BCUT2D eigenvalue weighted by atomic mass is 16.5. The van der Waals surface area contributed by atoms with Gasteiger partial charge in [-0.1, -0.05) is 42.4 Å². The van der Waals surface area contributed by atoms with Crippen molar-refractivity contribution in [3.63, 3.8) is 0 Å². The number of amides is 2. The Morgan fingerprint density at radius 2 is 1.89 bits per heavy atom. The molecule has 0 unspecified atom stereocenters. The first-order chi connectivity index (χ1) is 13.7. The van der Waals surface area contributed by atoms with Crippen molar-refractivity contribution in [2.75, 3.05) is 19.6 Å². The smallest absolute Gasteiger partial charge is 0.317 e. The molecule has 3 aromatic rings. The van der Waals surface area contributed by atoms with Crippen molar-refractivity contribution in [3.05, 3.63) is 54.6 Å². The fourth-order valence-electron chi connectivity index (χ4n) is 2.94. The number of benzene rings is 2. The number of rotatable bonds is 6. The van der Waals surface area contributed by atoms with E-state index < -0.39 is 0 Å². The molecule has 2 amide bonds. The van der Waals surface area contributed by atoms with Crippen molar-refractivity contribution in [1.82, 2.24) is 20.4 Å². The third-order valence-electron chi connectivity index (χ3n) is 4.52. The summed E-state index contributed by atoms with van der Waals surface area (Å²) >= 11 is 0. The van der Waals surface area contributed by atoms with Gasteiger partial charge in [0.1, 0.15) is 11.9 Å². The summed E-state index contributed by atoms with van der Waals surface area (Å²) in [6.45, 7) is 3.93. The molecule has 2 heterocycles. The van der Waals surface area contributed by atoms with Crippen LogP contribution in [0.25, 0.3) is 22.8 Å². The van der Waals surface area contributed by atoms with Crippen molar-refractivity contribution in [1.29, 1.82) is 0 Å². The van der Waals surface area contributed by atoms with E-state index in [0.717, 1.165) is 23.3 Å². The van der Waals surface area contributed by atoms with Gasteiger partial charge in [0.05, 0.1) is 13.1 Å². The molecule has 7 nitrogen and oxygen atoms in total. The second kappa shape index (κ2) is 8.12. The standard InChI is InChI=1S/C21H22N4O3/c1-2-12-22-21(26)25-13-18(14-25)27-17-10-8-16(9-11-17)20-23-19(24-28-20)15-6-4-3-5-7-15/h3-11,18H,2,12-14H2,1H3,(H,22,26). The maximum atomic E-state index is 11.8. The maximum absolute atomic E-state index is 11.8. The average molecular weight is 378 g/mol. The second-order valence-electron chi connectivity index (χ2n) is 6.69. The lowest BCUT2D eigenvalue weighted by Crippen LogP contribution is -2.58. The lowest BCUT2D eigenvalue weighted by Gasteiger charge is -2.38. The third-order valence-corrected chi connectivity index (χ3v) is 4.52. The minimum atomic E-state index is -0.0253. The summed E-state index contributed by atoms with van der Waals surface area (Å²) in [5, 5.41) is 6.91. The van der Waals surface area contributed by atoms with Crippen LogP contribution in [0.2, 0.25) is 0 Å². The zero-order chi connectivity index (χ0) is 19.3. The number of likely N-dealkylation sites (tertiary alicyclic amines) is 1. The zero-order valence-corrected chi connectivity index (χ0v) is 15.7. The molecule has 0 radical (unpaired) electrons. The van der Waals surface area contributed by atoms with Crippen LogP contribution in [-0.4, -0.2) is 46.8 Å². The number of nitrogens with one attached hydrogen (secondary N) is 1. The van der Waals surface area contributed by atoms with Crippen molar-refractivity contribution in [3.8, 4) is 28.6 Å². The fourth-order valence-corrected chi connectivity index (χ4v) is 2.94. The number of urea groups is 1. The highest BCUT2D eigenvalue weighted by Gasteiger charge is 2.32. The van der Waals surface area contributed by atoms with Gasteiger partial charge in [-0.05, 0) is 30.7 Å². The Hall–Kier alpha value is -3.35. The van der Waals surface area contributed by atoms with Crippen molar-refractivity contribution >= 4 is 6.03 Å². The van der Waals surface area contributed by atoms with Gasteiger partial charge in [-0.15, -0.1) is 0 Å². The molecule has 1 N–H and O–H groups in total. The van der Waals surface area contributed by atoms with E-state index >= 15 is 0 Å². The van der Waals surface area contributed by atoms with Gasteiger partial charge in [-0.2, -0.15) is 4.98 Å². The Bertz CT molecular complexity index is 918. The van der Waals surface area contributed by atoms with E-state index in [0.29, 0.717) is 31.3 Å². The highest BCUT2D eigenvalue weighted by Crippen LogP contribution is 2.25. The molecule has 1 fully saturated rings. The van der Waals surface area contributed by atoms with Crippen LogP contribution < -0.4 is 10.1 Å². The van der Waals surface area contributed by atoms with E-state index in [1.54, 1.807) is 4.90 Å². The minimum Gasteiger partial charge on any atom is -0.487 e. The van der Waals surface area contributed by atoms with E-state index in [-0.39, 0.29) is 12.1 Å². The lowest BCUT2D eigenvalue weighted by molar-refractivity contribution is 0.0445. The zero-order valence-electron chi connectivity index (χ0n) is 15.7. The van der Waals surface area contributed by atoms with E-state index in [2.05, 4.69) is 15.5 Å². The summed E-state index contributed by atoms with van der Waals surface area (Å²) in [5.41, 5.74) is 1.74. The summed E-state index contributed by atoms with van der Waals surface area (Å²) < 4.78 is 11.3. The Balaban J connectivity index is 1.33. The molecule has 2 aromatic carbocycles. The van der Waals surface area contributed by atoms with Crippen molar-refractivity contribution in [2.24, 2.45) is 0 Å². The van der Waals surface area contributed by atoms with E-state index in [1.165, 1.54) is 0 Å². The van der Waals surface area contributed by atoms with Gasteiger partial charge in [0.25, 0.3) is 5.89 Å². The molecular formula is C21H22N4O3. The highest BCUT2D eigenvalue weighted by molar-refractivity contribution is 5.75. The number of ether oxygens (including phenoxy) is 1. The Morgan fingerprint density at radius 1 is 1.14 bits per heavy atom. The molecule has 0 aliphatic carbocycles.